The summed E-state index contributed by atoms with van der Waals surface area (Å²) < 4.78 is 0. The zero-order valence-electron chi connectivity index (χ0n) is 14.1. The lowest BCUT2D eigenvalue weighted by atomic mass is 10.1. The van der Waals surface area contributed by atoms with Crippen LogP contribution >= 0.6 is 24.8 Å². The van der Waals surface area contributed by atoms with Gasteiger partial charge in [0.25, 0.3) is 5.91 Å². The van der Waals surface area contributed by atoms with Crippen molar-refractivity contribution < 1.29 is 4.79 Å². The van der Waals surface area contributed by atoms with Crippen LogP contribution in [0.15, 0.2) is 24.3 Å². The van der Waals surface area contributed by atoms with Crippen LogP contribution < -0.4 is 16.0 Å². The van der Waals surface area contributed by atoms with Crippen LogP contribution in [0, 0.1) is 5.92 Å². The maximum Gasteiger partial charge on any atom is 0.251 e. The van der Waals surface area contributed by atoms with Gasteiger partial charge in [-0.15, -0.1) is 24.8 Å². The molecule has 0 aromatic heterocycles. The zero-order chi connectivity index (χ0) is 15.4. The lowest BCUT2D eigenvalue weighted by molar-refractivity contribution is 0.0950. The standard InChI is InChI=1S/C17H27N3O.2ClH/c1-4-20(12(2)3)15-9-7-14(8-10-15)17(21)19-11-16(18)13-5-6-13;;/h7-10,12-13,16H,4-6,11,18H2,1-3H3,(H,19,21);2*1H. The van der Waals surface area contributed by atoms with Gasteiger partial charge in [0.1, 0.15) is 0 Å². The molecule has 1 aromatic carbocycles. The topological polar surface area (TPSA) is 58.4 Å². The highest BCUT2D eigenvalue weighted by atomic mass is 35.5. The van der Waals surface area contributed by atoms with E-state index >= 15 is 0 Å². The Morgan fingerprint density at radius 1 is 1.26 bits per heavy atom. The molecule has 0 saturated heterocycles. The van der Waals surface area contributed by atoms with Crippen molar-refractivity contribution in [2.75, 3.05) is 18.0 Å². The van der Waals surface area contributed by atoms with Crippen LogP contribution in [0.25, 0.3) is 0 Å². The van der Waals surface area contributed by atoms with Gasteiger partial charge in [0.2, 0.25) is 0 Å². The Morgan fingerprint density at radius 2 is 1.83 bits per heavy atom. The van der Waals surface area contributed by atoms with Gasteiger partial charge in [-0.1, -0.05) is 0 Å². The normalized spacial score (nSPS) is 14.5. The number of halogens is 2. The average molecular weight is 362 g/mol. The second kappa shape index (κ2) is 10.0. The first kappa shape index (κ1) is 22.0. The monoisotopic (exact) mass is 361 g/mol. The molecule has 132 valence electrons. The van der Waals surface area contributed by atoms with Gasteiger partial charge in [-0.25, -0.2) is 0 Å². The third-order valence-electron chi connectivity index (χ3n) is 4.15. The molecule has 1 aliphatic rings. The predicted molar refractivity (Wildman–Crippen MR) is 102 cm³/mol. The molecule has 0 heterocycles. The number of nitrogens with two attached hydrogens (primary N) is 1. The number of amides is 1. The summed E-state index contributed by atoms with van der Waals surface area (Å²) in [6, 6.07) is 8.35. The third kappa shape index (κ3) is 6.21. The summed E-state index contributed by atoms with van der Waals surface area (Å²) in [4.78, 5) is 14.4. The molecule has 1 aromatic rings. The number of hydrogen-bond acceptors (Lipinski definition) is 3. The summed E-state index contributed by atoms with van der Waals surface area (Å²) in [5.41, 5.74) is 7.85. The molecule has 0 bridgehead atoms. The van der Waals surface area contributed by atoms with E-state index in [0.29, 0.717) is 24.1 Å². The van der Waals surface area contributed by atoms with Crippen LogP contribution in [-0.2, 0) is 0 Å². The van der Waals surface area contributed by atoms with Crippen LogP contribution in [0.1, 0.15) is 44.0 Å². The summed E-state index contributed by atoms with van der Waals surface area (Å²) in [6.07, 6.45) is 2.40. The minimum Gasteiger partial charge on any atom is -0.369 e. The van der Waals surface area contributed by atoms with Gasteiger partial charge < -0.3 is 16.0 Å². The van der Waals surface area contributed by atoms with Crippen LogP contribution in [0.4, 0.5) is 5.69 Å². The summed E-state index contributed by atoms with van der Waals surface area (Å²) in [7, 11) is 0. The molecular weight excluding hydrogens is 333 g/mol. The van der Waals surface area contributed by atoms with Crippen molar-refractivity contribution >= 4 is 36.4 Å². The van der Waals surface area contributed by atoms with E-state index < -0.39 is 0 Å². The fourth-order valence-corrected chi connectivity index (χ4v) is 2.65. The number of carbonyl (C=O) groups is 1. The fourth-order valence-electron chi connectivity index (χ4n) is 2.65. The van der Waals surface area contributed by atoms with Crippen molar-refractivity contribution in [2.24, 2.45) is 11.7 Å². The van der Waals surface area contributed by atoms with E-state index in [-0.39, 0.29) is 36.8 Å². The summed E-state index contributed by atoms with van der Waals surface area (Å²) >= 11 is 0. The maximum atomic E-state index is 12.1. The van der Waals surface area contributed by atoms with Crippen LogP contribution in [0.2, 0.25) is 0 Å². The minimum atomic E-state index is -0.0368. The van der Waals surface area contributed by atoms with Gasteiger partial charge in [-0.2, -0.15) is 0 Å². The van der Waals surface area contributed by atoms with E-state index in [9.17, 15) is 4.79 Å². The van der Waals surface area contributed by atoms with Gasteiger partial charge >= 0.3 is 0 Å². The van der Waals surface area contributed by atoms with Crippen LogP contribution in [-0.4, -0.2) is 31.1 Å². The fraction of sp³-hybridized carbons (Fsp3) is 0.588. The minimum absolute atomic E-state index is 0. The Bertz CT molecular complexity index is 475. The zero-order valence-corrected chi connectivity index (χ0v) is 15.8. The van der Waals surface area contributed by atoms with Gasteiger partial charge in [0, 0.05) is 36.4 Å². The largest absolute Gasteiger partial charge is 0.369 e. The third-order valence-corrected chi connectivity index (χ3v) is 4.15. The molecule has 1 saturated carbocycles. The Hall–Kier alpha value is -0.970. The SMILES string of the molecule is CCN(c1ccc(C(=O)NCC(N)C2CC2)cc1)C(C)C.Cl.Cl. The van der Waals surface area contributed by atoms with Crippen molar-refractivity contribution in [3.63, 3.8) is 0 Å². The molecule has 2 rings (SSSR count). The number of nitrogens with zero attached hydrogens (tertiary/aromatic N) is 1. The van der Waals surface area contributed by atoms with E-state index in [0.717, 1.165) is 12.2 Å². The molecule has 3 N–H and O–H groups in total. The molecule has 6 heteroatoms. The molecule has 1 aliphatic carbocycles. The molecule has 1 atom stereocenters. The Labute approximate surface area is 152 Å². The Balaban J connectivity index is 0.00000242. The molecule has 1 amide bonds. The number of hydrogen-bond donors (Lipinski definition) is 2. The van der Waals surface area contributed by atoms with Gasteiger partial charge in [0.05, 0.1) is 0 Å². The number of benzene rings is 1. The maximum absolute atomic E-state index is 12.1. The number of anilines is 1. The van der Waals surface area contributed by atoms with Crippen LogP contribution in [0.3, 0.4) is 0 Å². The summed E-state index contributed by atoms with van der Waals surface area (Å²) in [5, 5.41) is 2.93. The molecule has 4 nitrogen and oxygen atoms in total. The highest BCUT2D eigenvalue weighted by Crippen LogP contribution is 2.31. The number of carbonyl (C=O) groups excluding carboxylic acids is 1. The summed E-state index contributed by atoms with van der Waals surface area (Å²) in [6.45, 7) is 8.00. The lowest BCUT2D eigenvalue weighted by Crippen LogP contribution is -2.38. The van der Waals surface area contributed by atoms with Crippen LogP contribution in [0.5, 0.6) is 0 Å². The Kier molecular flexibility index (Phi) is 9.59. The van der Waals surface area contributed by atoms with E-state index in [2.05, 4.69) is 31.0 Å². The number of rotatable bonds is 7. The van der Waals surface area contributed by atoms with E-state index in [1.54, 1.807) is 0 Å². The average Bonchev–Trinajstić information content (AvgIpc) is 3.30. The molecule has 1 fully saturated rings. The van der Waals surface area contributed by atoms with Crippen molar-refractivity contribution in [3.05, 3.63) is 29.8 Å². The van der Waals surface area contributed by atoms with Crippen molar-refractivity contribution in [2.45, 2.75) is 45.7 Å². The van der Waals surface area contributed by atoms with E-state index in [1.165, 1.54) is 12.8 Å². The van der Waals surface area contributed by atoms with Crippen molar-refractivity contribution in [3.8, 4) is 0 Å². The van der Waals surface area contributed by atoms with Crippen molar-refractivity contribution in [1.29, 1.82) is 0 Å². The van der Waals surface area contributed by atoms with Gasteiger partial charge in [-0.3, -0.25) is 4.79 Å². The molecule has 1 unspecified atom stereocenters. The smallest absolute Gasteiger partial charge is 0.251 e. The summed E-state index contributed by atoms with van der Waals surface area (Å²) in [5.74, 6) is 0.571. The quantitative estimate of drug-likeness (QED) is 0.783. The second-order valence-corrected chi connectivity index (χ2v) is 6.14. The predicted octanol–water partition coefficient (Wildman–Crippen LogP) is 3.23. The first-order chi connectivity index (χ1) is 10.0. The molecule has 0 spiro atoms. The van der Waals surface area contributed by atoms with Gasteiger partial charge in [0.15, 0.2) is 0 Å². The first-order valence-corrected chi connectivity index (χ1v) is 7.93. The first-order valence-electron chi connectivity index (χ1n) is 7.93. The molecule has 0 aliphatic heterocycles. The number of nitrogens with one attached hydrogen (secondary N) is 1. The van der Waals surface area contributed by atoms with E-state index in [1.807, 2.05) is 24.3 Å². The second-order valence-electron chi connectivity index (χ2n) is 6.14. The lowest BCUT2D eigenvalue weighted by Gasteiger charge is -2.27. The van der Waals surface area contributed by atoms with Crippen molar-refractivity contribution in [1.82, 2.24) is 5.32 Å². The van der Waals surface area contributed by atoms with Gasteiger partial charge in [-0.05, 0) is 63.8 Å². The highest BCUT2D eigenvalue weighted by molar-refractivity contribution is 5.94. The Morgan fingerprint density at radius 3 is 2.26 bits per heavy atom. The highest BCUT2D eigenvalue weighted by Gasteiger charge is 2.28. The molecule has 23 heavy (non-hydrogen) atoms. The molecular formula is C17H29Cl2N3O. The van der Waals surface area contributed by atoms with E-state index in [4.69, 9.17) is 5.73 Å². The molecule has 0 radical (unpaired) electrons.